The van der Waals surface area contributed by atoms with Crippen molar-refractivity contribution in [2.24, 2.45) is 0 Å². The number of benzene rings is 3. The average molecular weight is 490 g/mol. The Bertz CT molecular complexity index is 1240. The van der Waals surface area contributed by atoms with Gasteiger partial charge in [-0.05, 0) is 41.5 Å². The van der Waals surface area contributed by atoms with Gasteiger partial charge < -0.3 is 20.1 Å². The van der Waals surface area contributed by atoms with E-state index in [1.165, 1.54) is 11.3 Å². The van der Waals surface area contributed by atoms with Crippen LogP contribution in [0, 0.1) is 0 Å². The van der Waals surface area contributed by atoms with Gasteiger partial charge in [-0.2, -0.15) is 0 Å². The van der Waals surface area contributed by atoms with Crippen LogP contribution in [-0.4, -0.2) is 30.2 Å². The molecule has 34 heavy (non-hydrogen) atoms. The average Bonchev–Trinajstić information content (AvgIpc) is 3.33. The van der Waals surface area contributed by atoms with Gasteiger partial charge >= 0.3 is 0 Å². The summed E-state index contributed by atoms with van der Waals surface area (Å²) in [5.74, 6) is 0.570. The fourth-order valence-corrected chi connectivity index (χ4v) is 4.54. The zero-order chi connectivity index (χ0) is 23.9. The van der Waals surface area contributed by atoms with E-state index in [0.29, 0.717) is 16.6 Å². The number of hydrogen-bond donors (Lipinski definition) is 2. The largest absolute Gasteiger partial charge is 0.493 e. The molecule has 0 spiro atoms. The Kier molecular flexibility index (Phi) is 7.51. The van der Waals surface area contributed by atoms with Crippen LogP contribution in [0.4, 0.5) is 5.13 Å². The van der Waals surface area contributed by atoms with Crippen molar-refractivity contribution in [1.29, 1.82) is 0 Å². The van der Waals surface area contributed by atoms with Gasteiger partial charge in [-0.3, -0.25) is 4.79 Å². The van der Waals surface area contributed by atoms with Gasteiger partial charge in [0.05, 0.1) is 25.8 Å². The van der Waals surface area contributed by atoms with E-state index in [9.17, 15) is 4.79 Å². The molecule has 6 nitrogen and oxygen atoms in total. The summed E-state index contributed by atoms with van der Waals surface area (Å²) in [6, 6.07) is 24.9. The minimum Gasteiger partial charge on any atom is -0.493 e. The highest BCUT2D eigenvalue weighted by atomic mass is 32.1. The molecule has 0 saturated heterocycles. The van der Waals surface area contributed by atoms with Crippen LogP contribution in [0.5, 0.6) is 11.5 Å². The molecule has 0 radical (unpaired) electrons. The van der Waals surface area contributed by atoms with Gasteiger partial charge in [0.1, 0.15) is 0 Å². The van der Waals surface area contributed by atoms with Crippen LogP contribution in [-0.2, 0) is 4.79 Å². The van der Waals surface area contributed by atoms with Gasteiger partial charge in [-0.1, -0.05) is 60.7 Å². The van der Waals surface area contributed by atoms with Crippen molar-refractivity contribution >= 4 is 39.7 Å². The van der Waals surface area contributed by atoms with E-state index >= 15 is 0 Å². The number of ether oxygens (including phenoxy) is 2. The lowest BCUT2D eigenvalue weighted by atomic mass is 9.90. The molecule has 0 aliphatic rings. The highest BCUT2D eigenvalue weighted by Crippen LogP contribution is 2.33. The number of thiocarbonyl (C=S) groups is 1. The maximum Gasteiger partial charge on any atom is 0.238 e. The van der Waals surface area contributed by atoms with Gasteiger partial charge in [0.2, 0.25) is 5.91 Å². The smallest absolute Gasteiger partial charge is 0.238 e. The molecule has 4 rings (SSSR count). The van der Waals surface area contributed by atoms with Crippen molar-refractivity contribution in [1.82, 2.24) is 10.3 Å². The number of nitrogens with zero attached hydrogens (tertiary/aromatic N) is 1. The summed E-state index contributed by atoms with van der Waals surface area (Å²) in [6.45, 7) is 0. The molecule has 0 aliphatic carbocycles. The van der Waals surface area contributed by atoms with Crippen LogP contribution in [0.25, 0.3) is 11.3 Å². The molecule has 172 valence electrons. The first-order valence-electron chi connectivity index (χ1n) is 10.5. The number of methoxy groups -OCH3 is 2. The summed E-state index contributed by atoms with van der Waals surface area (Å²) in [5, 5.41) is 8.51. The van der Waals surface area contributed by atoms with E-state index in [0.717, 1.165) is 22.4 Å². The minimum absolute atomic E-state index is 0.190. The molecule has 3 aromatic carbocycles. The van der Waals surface area contributed by atoms with Gasteiger partial charge in [0.15, 0.2) is 21.7 Å². The Morgan fingerprint density at radius 3 is 2.12 bits per heavy atom. The Labute approximate surface area is 207 Å². The summed E-state index contributed by atoms with van der Waals surface area (Å²) in [4.78, 5) is 17.8. The summed E-state index contributed by atoms with van der Waals surface area (Å²) < 4.78 is 10.7. The number of nitrogens with one attached hydrogen (secondary N) is 2. The lowest BCUT2D eigenvalue weighted by molar-refractivity contribution is -0.120. The van der Waals surface area contributed by atoms with Crippen molar-refractivity contribution in [3.8, 4) is 22.8 Å². The highest BCUT2D eigenvalue weighted by Gasteiger charge is 2.23. The molecule has 1 aromatic heterocycles. The molecule has 1 heterocycles. The third-order valence-corrected chi connectivity index (χ3v) is 6.13. The molecular weight excluding hydrogens is 466 g/mol. The summed E-state index contributed by atoms with van der Waals surface area (Å²) in [7, 11) is 3.19. The summed E-state index contributed by atoms with van der Waals surface area (Å²) >= 11 is 6.81. The molecule has 4 aromatic rings. The first-order valence-corrected chi connectivity index (χ1v) is 11.8. The van der Waals surface area contributed by atoms with E-state index in [-0.39, 0.29) is 11.0 Å². The van der Waals surface area contributed by atoms with E-state index in [1.54, 1.807) is 14.2 Å². The third-order valence-electron chi connectivity index (χ3n) is 5.17. The molecule has 0 bridgehead atoms. The van der Waals surface area contributed by atoms with Crippen LogP contribution in [0.2, 0.25) is 0 Å². The van der Waals surface area contributed by atoms with Crippen molar-refractivity contribution < 1.29 is 14.3 Å². The monoisotopic (exact) mass is 489 g/mol. The lowest BCUT2D eigenvalue weighted by Gasteiger charge is -2.18. The second-order valence-corrected chi connectivity index (χ2v) is 8.57. The van der Waals surface area contributed by atoms with Crippen molar-refractivity contribution in [2.75, 3.05) is 19.5 Å². The molecule has 1 amide bonds. The fraction of sp³-hybridized carbons (Fsp3) is 0.115. The standard InChI is InChI=1S/C26H23N3O3S2/c1-31-21-14-13-19(15-22(21)32-2)20-16-34-26(27-20)29-25(33)28-24(30)23(17-9-5-3-6-10-17)18-11-7-4-8-12-18/h3-16,23H,1-2H3,(H2,27,28,29,30,33). The summed E-state index contributed by atoms with van der Waals surface area (Å²) in [6.07, 6.45) is 0. The Morgan fingerprint density at radius 1 is 0.912 bits per heavy atom. The maximum absolute atomic E-state index is 13.2. The maximum atomic E-state index is 13.2. The molecule has 0 fully saturated rings. The Hall–Kier alpha value is -3.75. The molecule has 2 N–H and O–H groups in total. The van der Waals surface area contributed by atoms with E-state index < -0.39 is 5.92 Å². The van der Waals surface area contributed by atoms with Gasteiger partial charge in [0, 0.05) is 10.9 Å². The van der Waals surface area contributed by atoms with Gasteiger partial charge in [-0.15, -0.1) is 11.3 Å². The van der Waals surface area contributed by atoms with Crippen molar-refractivity contribution in [3.05, 3.63) is 95.4 Å². The molecule has 8 heteroatoms. The zero-order valence-corrected chi connectivity index (χ0v) is 20.3. The number of carbonyl (C=O) groups excluding carboxylic acids is 1. The van der Waals surface area contributed by atoms with Crippen LogP contribution >= 0.6 is 23.6 Å². The van der Waals surface area contributed by atoms with E-state index in [4.69, 9.17) is 21.7 Å². The Balaban J connectivity index is 1.47. The number of hydrogen-bond acceptors (Lipinski definition) is 6. The number of aromatic nitrogens is 1. The van der Waals surface area contributed by atoms with E-state index in [2.05, 4.69) is 15.6 Å². The van der Waals surface area contributed by atoms with Crippen LogP contribution in [0.3, 0.4) is 0 Å². The number of carbonyl (C=O) groups is 1. The number of rotatable bonds is 7. The van der Waals surface area contributed by atoms with Crippen molar-refractivity contribution in [3.63, 3.8) is 0 Å². The highest BCUT2D eigenvalue weighted by molar-refractivity contribution is 7.80. The number of anilines is 1. The molecule has 0 aliphatic heterocycles. The topological polar surface area (TPSA) is 72.5 Å². The molecule has 0 unspecified atom stereocenters. The predicted molar refractivity (Wildman–Crippen MR) is 140 cm³/mol. The zero-order valence-electron chi connectivity index (χ0n) is 18.6. The number of thiazole rings is 1. The quantitative estimate of drug-likeness (QED) is 0.335. The van der Waals surface area contributed by atoms with Crippen molar-refractivity contribution in [2.45, 2.75) is 5.92 Å². The normalized spacial score (nSPS) is 10.6. The van der Waals surface area contributed by atoms with Crippen LogP contribution in [0.1, 0.15) is 17.0 Å². The fourth-order valence-electron chi connectivity index (χ4n) is 3.56. The molecule has 0 saturated carbocycles. The van der Waals surface area contributed by atoms with Gasteiger partial charge in [-0.25, -0.2) is 4.98 Å². The van der Waals surface area contributed by atoms with Gasteiger partial charge in [0.25, 0.3) is 0 Å². The second kappa shape index (κ2) is 10.9. The van der Waals surface area contributed by atoms with Crippen LogP contribution in [0.15, 0.2) is 84.2 Å². The second-order valence-electron chi connectivity index (χ2n) is 7.31. The molecule has 0 atom stereocenters. The van der Waals surface area contributed by atoms with Crippen LogP contribution < -0.4 is 20.1 Å². The first kappa shape index (κ1) is 23.4. The predicted octanol–water partition coefficient (Wildman–Crippen LogP) is 5.47. The van der Waals surface area contributed by atoms with E-state index in [1.807, 2.05) is 84.2 Å². The Morgan fingerprint density at radius 2 is 1.53 bits per heavy atom. The number of amides is 1. The summed E-state index contributed by atoms with van der Waals surface area (Å²) in [5.41, 5.74) is 3.41. The molecular formula is C26H23N3O3S2. The SMILES string of the molecule is COc1ccc(-c2csc(NC(=S)NC(=O)C(c3ccccc3)c3ccccc3)n2)cc1OC. The lowest BCUT2D eigenvalue weighted by Crippen LogP contribution is -2.37. The minimum atomic E-state index is -0.485. The first-order chi connectivity index (χ1) is 16.6. The third kappa shape index (κ3) is 5.41.